The molecule has 7 heteroatoms. The molecular weight excluding hydrogens is 400 g/mol. The number of hydrogen-bond donors (Lipinski definition) is 2. The van der Waals surface area contributed by atoms with Crippen LogP contribution in [0.5, 0.6) is 11.5 Å². The topological polar surface area (TPSA) is 102 Å². The van der Waals surface area contributed by atoms with Gasteiger partial charge in [0, 0.05) is 26.9 Å². The van der Waals surface area contributed by atoms with E-state index < -0.39 is 6.10 Å². The van der Waals surface area contributed by atoms with Crippen molar-refractivity contribution in [2.75, 3.05) is 13.7 Å². The normalized spacial score (nSPS) is 13.8. The smallest absolute Gasteiger partial charge is 0.302 e. The highest BCUT2D eigenvalue weighted by Gasteiger charge is 2.28. The maximum Gasteiger partial charge on any atom is 0.302 e. The molecule has 3 atom stereocenters. The number of benzene rings is 1. The van der Waals surface area contributed by atoms with Crippen LogP contribution in [0, 0.1) is 5.92 Å². The van der Waals surface area contributed by atoms with E-state index in [1.165, 1.54) is 21.0 Å². The molecule has 31 heavy (non-hydrogen) atoms. The van der Waals surface area contributed by atoms with Gasteiger partial charge in [-0.05, 0) is 55.7 Å². The van der Waals surface area contributed by atoms with Crippen molar-refractivity contribution in [1.29, 1.82) is 0 Å². The molecule has 1 rings (SSSR count). The maximum atomic E-state index is 11.8. The van der Waals surface area contributed by atoms with Crippen LogP contribution in [0.15, 0.2) is 18.2 Å². The number of phenolic OH excluding ortho intramolecular Hbond substituents is 1. The Morgan fingerprint density at radius 2 is 1.71 bits per heavy atom. The maximum absolute atomic E-state index is 11.8. The molecule has 0 aliphatic rings. The summed E-state index contributed by atoms with van der Waals surface area (Å²) < 4.78 is 16.4. The molecule has 0 fully saturated rings. The summed E-state index contributed by atoms with van der Waals surface area (Å²) in [6.45, 7) is 4.96. The van der Waals surface area contributed by atoms with Gasteiger partial charge in [-0.25, -0.2) is 0 Å². The van der Waals surface area contributed by atoms with Gasteiger partial charge in [-0.15, -0.1) is 0 Å². The fourth-order valence-electron chi connectivity index (χ4n) is 3.81. The van der Waals surface area contributed by atoms with Crippen molar-refractivity contribution in [3.05, 3.63) is 23.8 Å². The second kappa shape index (κ2) is 14.7. The van der Waals surface area contributed by atoms with Crippen LogP contribution in [0.3, 0.4) is 0 Å². The van der Waals surface area contributed by atoms with Crippen molar-refractivity contribution in [3.8, 4) is 11.5 Å². The Morgan fingerprint density at radius 3 is 2.29 bits per heavy atom. The standard InChI is InChI=1S/C24H38O7/c1-5-6-8-20(9-7-14-25)23(31-18(3)27)16-21(30-17(2)26)12-10-19-11-13-22(28)24(15-19)29-4/h11,13,15,20-21,23,25,28H,5-10,12,14,16H2,1-4H3/t20-,21+,23+/m1/s1. The average molecular weight is 439 g/mol. The van der Waals surface area contributed by atoms with Gasteiger partial charge in [0.2, 0.25) is 0 Å². The summed E-state index contributed by atoms with van der Waals surface area (Å²) in [5.74, 6) is -0.179. The molecule has 0 bridgehead atoms. The third kappa shape index (κ3) is 10.5. The Bertz CT molecular complexity index is 666. The van der Waals surface area contributed by atoms with Crippen LogP contribution < -0.4 is 4.74 Å². The Morgan fingerprint density at radius 1 is 1.03 bits per heavy atom. The first-order chi connectivity index (χ1) is 14.8. The molecular formula is C24H38O7. The molecule has 0 saturated carbocycles. The van der Waals surface area contributed by atoms with E-state index in [1.54, 1.807) is 18.2 Å². The predicted molar refractivity (Wildman–Crippen MR) is 118 cm³/mol. The lowest BCUT2D eigenvalue weighted by molar-refractivity contribution is -0.156. The number of aryl methyl sites for hydroxylation is 1. The number of hydrogen-bond acceptors (Lipinski definition) is 7. The number of phenols is 1. The van der Waals surface area contributed by atoms with Gasteiger partial charge in [0.15, 0.2) is 11.5 Å². The number of rotatable bonds is 15. The molecule has 0 radical (unpaired) electrons. The van der Waals surface area contributed by atoms with Gasteiger partial charge in [0.05, 0.1) is 7.11 Å². The van der Waals surface area contributed by atoms with Crippen molar-refractivity contribution in [3.63, 3.8) is 0 Å². The molecule has 2 N–H and O–H groups in total. The summed E-state index contributed by atoms with van der Waals surface area (Å²) in [7, 11) is 1.49. The van der Waals surface area contributed by atoms with Crippen LogP contribution in [0.1, 0.15) is 71.3 Å². The average Bonchev–Trinajstić information content (AvgIpc) is 2.71. The minimum absolute atomic E-state index is 0.0698. The molecule has 0 saturated heterocycles. The Balaban J connectivity index is 2.95. The highest BCUT2D eigenvalue weighted by atomic mass is 16.6. The number of ether oxygens (including phenoxy) is 3. The quantitative estimate of drug-likeness (QED) is 0.396. The van der Waals surface area contributed by atoms with E-state index in [1.807, 2.05) is 0 Å². The van der Waals surface area contributed by atoms with Crippen LogP contribution in [-0.2, 0) is 25.5 Å². The van der Waals surface area contributed by atoms with Gasteiger partial charge in [-0.3, -0.25) is 9.59 Å². The second-order valence-electron chi connectivity index (χ2n) is 7.93. The van der Waals surface area contributed by atoms with Gasteiger partial charge < -0.3 is 24.4 Å². The van der Waals surface area contributed by atoms with E-state index in [0.717, 1.165) is 31.2 Å². The number of aliphatic hydroxyl groups excluding tert-OH is 1. The molecule has 0 unspecified atom stereocenters. The molecule has 0 aromatic heterocycles. The number of unbranched alkanes of at least 4 members (excludes halogenated alkanes) is 1. The third-order valence-corrected chi connectivity index (χ3v) is 5.33. The molecule has 1 aromatic carbocycles. The molecule has 0 heterocycles. The largest absolute Gasteiger partial charge is 0.504 e. The molecule has 0 aliphatic heterocycles. The fraction of sp³-hybridized carbons (Fsp3) is 0.667. The number of aliphatic hydroxyl groups is 1. The summed E-state index contributed by atoms with van der Waals surface area (Å²) >= 11 is 0. The van der Waals surface area contributed by atoms with Crippen LogP contribution in [-0.4, -0.2) is 48.1 Å². The monoisotopic (exact) mass is 438 g/mol. The molecule has 0 aliphatic carbocycles. The minimum Gasteiger partial charge on any atom is -0.504 e. The molecule has 176 valence electrons. The number of carbonyl (C=O) groups excluding carboxylic acids is 2. The molecule has 0 spiro atoms. The number of methoxy groups -OCH3 is 1. The van der Waals surface area contributed by atoms with Crippen molar-refractivity contribution in [1.82, 2.24) is 0 Å². The van der Waals surface area contributed by atoms with Crippen molar-refractivity contribution >= 4 is 11.9 Å². The first kappa shape index (κ1) is 26.8. The summed E-state index contributed by atoms with van der Waals surface area (Å²) in [5, 5.41) is 19.0. The lowest BCUT2D eigenvalue weighted by Crippen LogP contribution is -2.32. The Kier molecular flexibility index (Phi) is 12.7. The Labute approximate surface area is 185 Å². The third-order valence-electron chi connectivity index (χ3n) is 5.33. The summed E-state index contributed by atoms with van der Waals surface area (Å²) in [6.07, 6.45) is 5.06. The van der Waals surface area contributed by atoms with E-state index >= 15 is 0 Å². The summed E-state index contributed by atoms with van der Waals surface area (Å²) in [5.41, 5.74) is 0.943. The van der Waals surface area contributed by atoms with E-state index in [0.29, 0.717) is 31.4 Å². The zero-order chi connectivity index (χ0) is 23.2. The van der Waals surface area contributed by atoms with Gasteiger partial charge >= 0.3 is 11.9 Å². The summed E-state index contributed by atoms with van der Waals surface area (Å²) in [4.78, 5) is 23.5. The highest BCUT2D eigenvalue weighted by molar-refractivity contribution is 5.66. The fourth-order valence-corrected chi connectivity index (χ4v) is 3.81. The SMILES string of the molecule is CCCC[C@H](CCCO)[C@H](C[C@H](CCc1ccc(O)c(OC)c1)OC(C)=O)OC(C)=O. The van der Waals surface area contributed by atoms with Crippen LogP contribution in [0.4, 0.5) is 0 Å². The lowest BCUT2D eigenvalue weighted by Gasteiger charge is -2.30. The van der Waals surface area contributed by atoms with Gasteiger partial charge in [0.25, 0.3) is 0 Å². The zero-order valence-electron chi connectivity index (χ0n) is 19.3. The van der Waals surface area contributed by atoms with Crippen LogP contribution >= 0.6 is 0 Å². The van der Waals surface area contributed by atoms with Crippen LogP contribution in [0.25, 0.3) is 0 Å². The minimum atomic E-state index is -0.417. The van der Waals surface area contributed by atoms with Crippen LogP contribution in [0.2, 0.25) is 0 Å². The lowest BCUT2D eigenvalue weighted by atomic mass is 9.87. The number of esters is 2. The zero-order valence-corrected chi connectivity index (χ0v) is 19.3. The first-order valence-electron chi connectivity index (χ1n) is 11.1. The molecule has 7 nitrogen and oxygen atoms in total. The van der Waals surface area contributed by atoms with Crippen molar-refractivity contribution in [2.24, 2.45) is 5.92 Å². The molecule has 1 aromatic rings. The number of aromatic hydroxyl groups is 1. The summed E-state index contributed by atoms with van der Waals surface area (Å²) in [6, 6.07) is 5.14. The van der Waals surface area contributed by atoms with Crippen molar-refractivity contribution in [2.45, 2.75) is 84.3 Å². The Hall–Kier alpha value is -2.28. The van der Waals surface area contributed by atoms with Gasteiger partial charge in [-0.2, -0.15) is 0 Å². The highest BCUT2D eigenvalue weighted by Crippen LogP contribution is 2.29. The second-order valence-corrected chi connectivity index (χ2v) is 7.93. The van der Waals surface area contributed by atoms with Gasteiger partial charge in [-0.1, -0.05) is 25.8 Å². The van der Waals surface area contributed by atoms with E-state index in [-0.39, 0.29) is 36.3 Å². The van der Waals surface area contributed by atoms with Crippen molar-refractivity contribution < 1.29 is 34.0 Å². The molecule has 0 amide bonds. The predicted octanol–water partition coefficient (Wildman–Crippen LogP) is 4.17. The number of carbonyl (C=O) groups is 2. The van der Waals surface area contributed by atoms with E-state index in [4.69, 9.17) is 14.2 Å². The van der Waals surface area contributed by atoms with E-state index in [9.17, 15) is 19.8 Å². The van der Waals surface area contributed by atoms with Gasteiger partial charge in [0.1, 0.15) is 12.2 Å². The van der Waals surface area contributed by atoms with E-state index in [2.05, 4.69) is 6.92 Å². The first-order valence-corrected chi connectivity index (χ1v) is 11.1.